The summed E-state index contributed by atoms with van der Waals surface area (Å²) in [6.07, 6.45) is 0. The van der Waals surface area contributed by atoms with Gasteiger partial charge in [0.25, 0.3) is 0 Å². The smallest absolute Gasteiger partial charge is 0.0642 e. The molecule has 0 atom stereocenters. The minimum atomic E-state index is 0.536. The number of nitrogens with zero attached hydrogens (tertiary/aromatic N) is 2. The van der Waals surface area contributed by atoms with E-state index in [0.29, 0.717) is 6.54 Å². The summed E-state index contributed by atoms with van der Waals surface area (Å²) < 4.78 is 5.42. The van der Waals surface area contributed by atoms with Crippen LogP contribution in [-0.4, -0.2) is 31.3 Å². The SMILES string of the molecule is Cc1cc(-c2ccc(N3CCOCC3)cc2CN)cc(C)n1. The molecule has 4 heteroatoms. The molecule has 0 saturated carbocycles. The molecule has 1 aliphatic rings. The summed E-state index contributed by atoms with van der Waals surface area (Å²) in [5.74, 6) is 0. The Morgan fingerprint density at radius 1 is 1.09 bits per heavy atom. The summed E-state index contributed by atoms with van der Waals surface area (Å²) in [6, 6.07) is 10.8. The zero-order valence-electron chi connectivity index (χ0n) is 13.3. The molecule has 0 aliphatic carbocycles. The van der Waals surface area contributed by atoms with Crippen LogP contribution in [0.5, 0.6) is 0 Å². The number of ether oxygens (including phenoxy) is 1. The van der Waals surface area contributed by atoms with Gasteiger partial charge in [0.2, 0.25) is 0 Å². The molecule has 1 aromatic heterocycles. The van der Waals surface area contributed by atoms with Gasteiger partial charge in [0.1, 0.15) is 0 Å². The lowest BCUT2D eigenvalue weighted by atomic mass is 9.98. The first-order chi connectivity index (χ1) is 10.7. The topological polar surface area (TPSA) is 51.4 Å². The number of aryl methyl sites for hydroxylation is 2. The van der Waals surface area contributed by atoms with Crippen LogP contribution in [0.4, 0.5) is 5.69 Å². The Morgan fingerprint density at radius 3 is 2.41 bits per heavy atom. The van der Waals surface area contributed by atoms with Crippen molar-refractivity contribution in [2.24, 2.45) is 5.73 Å². The summed E-state index contributed by atoms with van der Waals surface area (Å²) in [5, 5.41) is 0. The highest BCUT2D eigenvalue weighted by Gasteiger charge is 2.13. The molecule has 0 radical (unpaired) electrons. The van der Waals surface area contributed by atoms with Crippen molar-refractivity contribution in [1.82, 2.24) is 4.98 Å². The number of pyridine rings is 1. The zero-order chi connectivity index (χ0) is 15.5. The Hall–Kier alpha value is -1.91. The molecule has 0 amide bonds. The monoisotopic (exact) mass is 297 g/mol. The highest BCUT2D eigenvalue weighted by molar-refractivity contribution is 5.71. The van der Waals surface area contributed by atoms with Crippen molar-refractivity contribution >= 4 is 5.69 Å². The average molecular weight is 297 g/mol. The Kier molecular flexibility index (Phi) is 4.41. The van der Waals surface area contributed by atoms with Crippen molar-refractivity contribution in [3.05, 3.63) is 47.3 Å². The quantitative estimate of drug-likeness (QED) is 0.946. The lowest BCUT2D eigenvalue weighted by Crippen LogP contribution is -2.36. The number of hydrogen-bond donors (Lipinski definition) is 1. The first kappa shape index (κ1) is 15.0. The first-order valence-corrected chi connectivity index (χ1v) is 7.79. The van der Waals surface area contributed by atoms with E-state index in [4.69, 9.17) is 10.5 Å². The van der Waals surface area contributed by atoms with E-state index in [0.717, 1.165) is 37.7 Å². The van der Waals surface area contributed by atoms with Gasteiger partial charge in [0, 0.05) is 36.7 Å². The maximum Gasteiger partial charge on any atom is 0.0642 e. The summed E-state index contributed by atoms with van der Waals surface area (Å²) >= 11 is 0. The van der Waals surface area contributed by atoms with E-state index < -0.39 is 0 Å². The summed E-state index contributed by atoms with van der Waals surface area (Å²) in [6.45, 7) is 8.06. The maximum absolute atomic E-state index is 6.00. The molecule has 4 nitrogen and oxygen atoms in total. The Balaban J connectivity index is 1.98. The number of nitrogens with two attached hydrogens (primary N) is 1. The van der Waals surface area contributed by atoms with Crippen molar-refractivity contribution in [1.29, 1.82) is 0 Å². The predicted octanol–water partition coefficient (Wildman–Crippen LogP) is 2.66. The molecule has 116 valence electrons. The highest BCUT2D eigenvalue weighted by Crippen LogP contribution is 2.29. The third-order valence-corrected chi connectivity index (χ3v) is 4.08. The van der Waals surface area contributed by atoms with Crippen molar-refractivity contribution < 1.29 is 4.74 Å². The fourth-order valence-corrected chi connectivity index (χ4v) is 3.04. The molecule has 1 aromatic carbocycles. The molecule has 1 saturated heterocycles. The van der Waals surface area contributed by atoms with E-state index in [2.05, 4.69) is 40.2 Å². The highest BCUT2D eigenvalue weighted by atomic mass is 16.5. The molecular weight excluding hydrogens is 274 g/mol. The Morgan fingerprint density at radius 2 is 1.77 bits per heavy atom. The molecule has 1 aliphatic heterocycles. The third-order valence-electron chi connectivity index (χ3n) is 4.08. The van der Waals surface area contributed by atoms with Gasteiger partial charge >= 0.3 is 0 Å². The van der Waals surface area contributed by atoms with E-state index in [9.17, 15) is 0 Å². The number of anilines is 1. The summed E-state index contributed by atoms with van der Waals surface area (Å²) in [4.78, 5) is 6.81. The number of benzene rings is 1. The van der Waals surface area contributed by atoms with Crippen LogP contribution in [0.1, 0.15) is 17.0 Å². The fourth-order valence-electron chi connectivity index (χ4n) is 3.04. The van der Waals surface area contributed by atoms with Gasteiger partial charge in [-0.1, -0.05) is 6.07 Å². The second-order valence-corrected chi connectivity index (χ2v) is 5.78. The zero-order valence-corrected chi connectivity index (χ0v) is 13.3. The van der Waals surface area contributed by atoms with Crippen LogP contribution in [0.25, 0.3) is 11.1 Å². The van der Waals surface area contributed by atoms with Crippen LogP contribution in [-0.2, 0) is 11.3 Å². The molecule has 3 rings (SSSR count). The number of hydrogen-bond acceptors (Lipinski definition) is 4. The predicted molar refractivity (Wildman–Crippen MR) is 90.1 cm³/mol. The number of morpholine rings is 1. The second-order valence-electron chi connectivity index (χ2n) is 5.78. The fraction of sp³-hybridized carbons (Fsp3) is 0.389. The average Bonchev–Trinajstić information content (AvgIpc) is 2.54. The van der Waals surface area contributed by atoms with Crippen LogP contribution in [0.3, 0.4) is 0 Å². The first-order valence-electron chi connectivity index (χ1n) is 7.79. The van der Waals surface area contributed by atoms with E-state index in [-0.39, 0.29) is 0 Å². The number of rotatable bonds is 3. The van der Waals surface area contributed by atoms with Crippen LogP contribution in [0, 0.1) is 13.8 Å². The van der Waals surface area contributed by atoms with Crippen LogP contribution in [0.2, 0.25) is 0 Å². The lowest BCUT2D eigenvalue weighted by Gasteiger charge is -2.29. The molecule has 2 N–H and O–H groups in total. The normalized spacial score (nSPS) is 15.1. The van der Waals surface area contributed by atoms with Crippen molar-refractivity contribution in [3.63, 3.8) is 0 Å². The van der Waals surface area contributed by atoms with E-state index in [1.165, 1.54) is 22.4 Å². The van der Waals surface area contributed by atoms with Crippen molar-refractivity contribution in [3.8, 4) is 11.1 Å². The van der Waals surface area contributed by atoms with Crippen molar-refractivity contribution in [2.45, 2.75) is 20.4 Å². The van der Waals surface area contributed by atoms with E-state index in [1.807, 2.05) is 13.8 Å². The minimum Gasteiger partial charge on any atom is -0.378 e. The molecule has 22 heavy (non-hydrogen) atoms. The van der Waals surface area contributed by atoms with Gasteiger partial charge in [-0.05, 0) is 54.8 Å². The van der Waals surface area contributed by atoms with Crippen LogP contribution in [0.15, 0.2) is 30.3 Å². The van der Waals surface area contributed by atoms with E-state index >= 15 is 0 Å². The van der Waals surface area contributed by atoms with E-state index in [1.54, 1.807) is 0 Å². The third kappa shape index (κ3) is 3.13. The Bertz CT molecular complexity index is 643. The maximum atomic E-state index is 6.00. The standard InChI is InChI=1S/C18H23N3O/c1-13-9-15(10-14(2)20-13)18-4-3-17(11-16(18)12-19)21-5-7-22-8-6-21/h3-4,9-11H,5-8,12,19H2,1-2H3. The van der Waals surface area contributed by atoms with Crippen LogP contribution < -0.4 is 10.6 Å². The summed E-state index contributed by atoms with van der Waals surface area (Å²) in [7, 11) is 0. The van der Waals surface area contributed by atoms with Gasteiger partial charge in [-0.25, -0.2) is 0 Å². The lowest BCUT2D eigenvalue weighted by molar-refractivity contribution is 0.122. The summed E-state index contributed by atoms with van der Waals surface area (Å²) in [5.41, 5.74) is 12.9. The molecular formula is C18H23N3O. The van der Waals surface area contributed by atoms with Gasteiger partial charge in [-0.2, -0.15) is 0 Å². The van der Waals surface area contributed by atoms with Gasteiger partial charge < -0.3 is 15.4 Å². The molecule has 0 spiro atoms. The van der Waals surface area contributed by atoms with Gasteiger partial charge in [0.15, 0.2) is 0 Å². The molecule has 0 bridgehead atoms. The van der Waals surface area contributed by atoms with Gasteiger partial charge in [-0.15, -0.1) is 0 Å². The minimum absolute atomic E-state index is 0.536. The largest absolute Gasteiger partial charge is 0.378 e. The molecule has 1 fully saturated rings. The molecule has 0 unspecified atom stereocenters. The molecule has 2 heterocycles. The molecule has 2 aromatic rings. The van der Waals surface area contributed by atoms with Gasteiger partial charge in [-0.3, -0.25) is 4.98 Å². The second kappa shape index (κ2) is 6.46. The van der Waals surface area contributed by atoms with Crippen molar-refractivity contribution in [2.75, 3.05) is 31.2 Å². The number of aromatic nitrogens is 1. The van der Waals surface area contributed by atoms with Crippen LogP contribution >= 0.6 is 0 Å². The Labute approximate surface area is 131 Å². The van der Waals surface area contributed by atoms with Gasteiger partial charge in [0.05, 0.1) is 13.2 Å².